The molecule has 0 atom stereocenters. The first kappa shape index (κ1) is 20.7. The van der Waals surface area contributed by atoms with Crippen LogP contribution in [0.2, 0.25) is 5.02 Å². The molecule has 0 fully saturated rings. The standard InChI is InChI=1S/C22H14ClNO6/c1-2-10-28-22(25)15-6-8-18(9-7-15)29-20-12-17(24(26)27)13-21(14-20)30-19-5-3-4-16(23)11-19/h1,3-9,11-14H,10H2. The van der Waals surface area contributed by atoms with E-state index in [2.05, 4.69) is 5.92 Å². The zero-order chi connectivity index (χ0) is 21.5. The number of nitro groups is 1. The quantitative estimate of drug-likeness (QED) is 0.212. The van der Waals surface area contributed by atoms with Crippen LogP contribution in [0.25, 0.3) is 0 Å². The van der Waals surface area contributed by atoms with Crippen LogP contribution in [0, 0.1) is 22.5 Å². The van der Waals surface area contributed by atoms with E-state index in [0.29, 0.717) is 22.1 Å². The summed E-state index contributed by atoms with van der Waals surface area (Å²) < 4.78 is 16.2. The summed E-state index contributed by atoms with van der Waals surface area (Å²) in [5.41, 5.74) is 0.0839. The Balaban J connectivity index is 1.81. The molecule has 8 heteroatoms. The number of ether oxygens (including phenoxy) is 3. The Morgan fingerprint density at radius 1 is 0.967 bits per heavy atom. The van der Waals surface area contributed by atoms with E-state index in [9.17, 15) is 14.9 Å². The summed E-state index contributed by atoms with van der Waals surface area (Å²) in [6, 6.07) is 16.7. The number of hydrogen-bond donors (Lipinski definition) is 0. The fraction of sp³-hybridized carbons (Fsp3) is 0.0455. The average molecular weight is 424 g/mol. The van der Waals surface area contributed by atoms with Gasteiger partial charge in [-0.3, -0.25) is 10.1 Å². The summed E-state index contributed by atoms with van der Waals surface area (Å²) in [6.07, 6.45) is 5.05. The zero-order valence-corrected chi connectivity index (χ0v) is 16.2. The molecule has 0 saturated carbocycles. The molecule has 3 rings (SSSR count). The van der Waals surface area contributed by atoms with Gasteiger partial charge in [0.05, 0.1) is 22.6 Å². The number of nitrogens with zero attached hydrogens (tertiary/aromatic N) is 1. The van der Waals surface area contributed by atoms with Crippen molar-refractivity contribution in [2.45, 2.75) is 0 Å². The van der Waals surface area contributed by atoms with Crippen molar-refractivity contribution in [3.8, 4) is 35.3 Å². The Morgan fingerprint density at radius 2 is 1.63 bits per heavy atom. The SMILES string of the molecule is C#CCOC(=O)c1ccc(Oc2cc(Oc3cccc(Cl)c3)cc([N+](=O)[O-])c2)cc1. The number of non-ortho nitro benzene ring substituents is 1. The molecule has 0 aliphatic heterocycles. The largest absolute Gasteiger partial charge is 0.457 e. The van der Waals surface area contributed by atoms with Gasteiger partial charge in [0.2, 0.25) is 0 Å². The van der Waals surface area contributed by atoms with Crippen molar-refractivity contribution in [1.29, 1.82) is 0 Å². The molecule has 150 valence electrons. The Labute approximate surface area is 176 Å². The highest BCUT2D eigenvalue weighted by molar-refractivity contribution is 6.30. The third-order valence-corrected chi connectivity index (χ3v) is 3.95. The lowest BCUT2D eigenvalue weighted by Gasteiger charge is -2.10. The lowest BCUT2D eigenvalue weighted by molar-refractivity contribution is -0.385. The number of esters is 1. The van der Waals surface area contributed by atoms with Gasteiger partial charge < -0.3 is 14.2 Å². The summed E-state index contributed by atoms with van der Waals surface area (Å²) in [5, 5.41) is 11.7. The van der Waals surface area contributed by atoms with Crippen LogP contribution >= 0.6 is 11.6 Å². The number of rotatable bonds is 7. The van der Waals surface area contributed by atoms with Crippen molar-refractivity contribution >= 4 is 23.3 Å². The van der Waals surface area contributed by atoms with Crippen LogP contribution < -0.4 is 9.47 Å². The maximum Gasteiger partial charge on any atom is 0.339 e. The van der Waals surface area contributed by atoms with Crippen LogP contribution in [0.3, 0.4) is 0 Å². The number of nitro benzene ring substituents is 1. The Hall–Kier alpha value is -4.02. The smallest absolute Gasteiger partial charge is 0.339 e. The topological polar surface area (TPSA) is 87.9 Å². The van der Waals surface area contributed by atoms with Crippen LogP contribution in [0.1, 0.15) is 10.4 Å². The zero-order valence-electron chi connectivity index (χ0n) is 15.4. The molecule has 0 spiro atoms. The van der Waals surface area contributed by atoms with Crippen molar-refractivity contribution in [2.75, 3.05) is 6.61 Å². The maximum absolute atomic E-state index is 11.8. The second-order valence-corrected chi connectivity index (χ2v) is 6.32. The van der Waals surface area contributed by atoms with E-state index in [1.54, 1.807) is 24.3 Å². The predicted molar refractivity (Wildman–Crippen MR) is 110 cm³/mol. The molecule has 0 N–H and O–H groups in total. The summed E-state index contributed by atoms with van der Waals surface area (Å²) in [7, 11) is 0. The van der Waals surface area contributed by atoms with Gasteiger partial charge in [-0.2, -0.15) is 0 Å². The highest BCUT2D eigenvalue weighted by Crippen LogP contribution is 2.33. The van der Waals surface area contributed by atoms with E-state index in [0.717, 1.165) is 0 Å². The van der Waals surface area contributed by atoms with Crippen molar-refractivity contribution in [3.63, 3.8) is 0 Å². The Morgan fingerprint density at radius 3 is 2.23 bits per heavy atom. The summed E-state index contributed by atoms with van der Waals surface area (Å²) in [5.74, 6) is 2.82. The van der Waals surface area contributed by atoms with Gasteiger partial charge in [0, 0.05) is 11.1 Å². The number of hydrogen-bond acceptors (Lipinski definition) is 6. The number of carbonyl (C=O) groups excluding carboxylic acids is 1. The molecule has 0 amide bonds. The fourth-order valence-electron chi connectivity index (χ4n) is 2.43. The Bertz CT molecular complexity index is 1120. The van der Waals surface area contributed by atoms with Gasteiger partial charge in [-0.15, -0.1) is 6.42 Å². The molecular weight excluding hydrogens is 410 g/mol. The van der Waals surface area contributed by atoms with Gasteiger partial charge in [-0.05, 0) is 42.5 Å². The fourth-order valence-corrected chi connectivity index (χ4v) is 2.61. The molecule has 0 aromatic heterocycles. The number of benzene rings is 3. The highest BCUT2D eigenvalue weighted by Gasteiger charge is 2.14. The van der Waals surface area contributed by atoms with Crippen molar-refractivity contribution in [2.24, 2.45) is 0 Å². The Kier molecular flexibility index (Phi) is 6.53. The maximum atomic E-state index is 11.8. The molecule has 3 aromatic rings. The summed E-state index contributed by atoms with van der Waals surface area (Å²) in [6.45, 7) is -0.125. The van der Waals surface area contributed by atoms with Crippen molar-refractivity contribution in [3.05, 3.63) is 87.4 Å². The van der Waals surface area contributed by atoms with Crippen molar-refractivity contribution < 1.29 is 23.9 Å². The van der Waals surface area contributed by atoms with Crippen LogP contribution in [-0.2, 0) is 4.74 Å². The van der Waals surface area contributed by atoms with Crippen LogP contribution in [0.15, 0.2) is 66.7 Å². The molecule has 0 bridgehead atoms. The molecule has 7 nitrogen and oxygen atoms in total. The van der Waals surface area contributed by atoms with E-state index in [-0.39, 0.29) is 23.8 Å². The first-order chi connectivity index (χ1) is 14.4. The van der Waals surface area contributed by atoms with Crippen LogP contribution in [0.5, 0.6) is 23.0 Å². The molecule has 3 aromatic carbocycles. The van der Waals surface area contributed by atoms with E-state index in [1.807, 2.05) is 0 Å². The van der Waals surface area contributed by atoms with E-state index >= 15 is 0 Å². The third-order valence-electron chi connectivity index (χ3n) is 3.72. The van der Waals surface area contributed by atoms with E-state index in [4.69, 9.17) is 32.2 Å². The highest BCUT2D eigenvalue weighted by atomic mass is 35.5. The van der Waals surface area contributed by atoms with Gasteiger partial charge in [0.15, 0.2) is 6.61 Å². The summed E-state index contributed by atoms with van der Waals surface area (Å²) in [4.78, 5) is 22.5. The molecule has 0 unspecified atom stereocenters. The molecule has 30 heavy (non-hydrogen) atoms. The molecule has 0 aliphatic rings. The number of terminal acetylenes is 1. The second kappa shape index (κ2) is 9.45. The second-order valence-electron chi connectivity index (χ2n) is 5.89. The van der Waals surface area contributed by atoms with Crippen LogP contribution in [-0.4, -0.2) is 17.5 Å². The number of halogens is 1. The number of carbonyl (C=O) groups is 1. The average Bonchev–Trinajstić information content (AvgIpc) is 2.72. The lowest BCUT2D eigenvalue weighted by Crippen LogP contribution is -2.04. The first-order valence-corrected chi connectivity index (χ1v) is 8.94. The molecular formula is C22H14ClNO6. The van der Waals surface area contributed by atoms with Gasteiger partial charge in [-0.1, -0.05) is 23.6 Å². The molecule has 0 heterocycles. The van der Waals surface area contributed by atoms with Gasteiger partial charge in [0.25, 0.3) is 5.69 Å². The minimum absolute atomic E-state index is 0.125. The minimum atomic E-state index is -0.563. The third kappa shape index (κ3) is 5.50. The van der Waals surface area contributed by atoms with E-state index in [1.165, 1.54) is 42.5 Å². The first-order valence-electron chi connectivity index (χ1n) is 8.56. The van der Waals surface area contributed by atoms with Crippen LogP contribution in [0.4, 0.5) is 5.69 Å². The predicted octanol–water partition coefficient (Wildman–Crippen LogP) is 5.62. The van der Waals surface area contributed by atoms with Crippen molar-refractivity contribution in [1.82, 2.24) is 0 Å². The minimum Gasteiger partial charge on any atom is -0.457 e. The normalized spacial score (nSPS) is 10.0. The molecule has 0 radical (unpaired) electrons. The van der Waals surface area contributed by atoms with Gasteiger partial charge in [-0.25, -0.2) is 4.79 Å². The lowest BCUT2D eigenvalue weighted by atomic mass is 10.2. The molecule has 0 aliphatic carbocycles. The van der Waals surface area contributed by atoms with Gasteiger partial charge >= 0.3 is 5.97 Å². The summed E-state index contributed by atoms with van der Waals surface area (Å²) >= 11 is 5.94. The molecule has 0 saturated heterocycles. The van der Waals surface area contributed by atoms with E-state index < -0.39 is 10.9 Å². The monoisotopic (exact) mass is 423 g/mol. The van der Waals surface area contributed by atoms with Gasteiger partial charge in [0.1, 0.15) is 23.0 Å².